The number of nitrogens with zero attached hydrogens (tertiary/aromatic N) is 1. The number of hydrogen-bond acceptors (Lipinski definition) is 4. The topological polar surface area (TPSA) is 71.1 Å². The second-order valence-corrected chi connectivity index (χ2v) is 7.24. The van der Waals surface area contributed by atoms with Crippen LogP contribution in [0.1, 0.15) is 19.8 Å². The van der Waals surface area contributed by atoms with Crippen LogP contribution in [0.3, 0.4) is 0 Å². The van der Waals surface area contributed by atoms with Gasteiger partial charge in [0.2, 0.25) is 10.0 Å². The van der Waals surface area contributed by atoms with Crippen LogP contribution in [0.15, 0.2) is 21.6 Å². The molecule has 0 saturated heterocycles. The third-order valence-corrected chi connectivity index (χ3v) is 5.01. The van der Waals surface area contributed by atoms with Crippen molar-refractivity contribution in [3.05, 3.63) is 16.7 Å². The van der Waals surface area contributed by atoms with Crippen LogP contribution in [0, 0.1) is 5.92 Å². The first-order chi connectivity index (χ1) is 8.42. The first kappa shape index (κ1) is 13.8. The molecule has 1 aromatic rings. The predicted octanol–water partition coefficient (Wildman–Crippen LogP) is 1.96. The maximum atomic E-state index is 12.3. The molecule has 1 saturated carbocycles. The van der Waals surface area contributed by atoms with Crippen molar-refractivity contribution < 1.29 is 8.42 Å². The highest BCUT2D eigenvalue weighted by Gasteiger charge is 2.31. The second kappa shape index (κ2) is 5.14. The highest BCUT2D eigenvalue weighted by atomic mass is 79.9. The van der Waals surface area contributed by atoms with Crippen molar-refractivity contribution in [1.82, 2.24) is 9.71 Å². The third kappa shape index (κ3) is 2.84. The van der Waals surface area contributed by atoms with Crippen molar-refractivity contribution in [2.45, 2.75) is 30.7 Å². The molecular formula is C11H16BrN3O2S. The van der Waals surface area contributed by atoms with Crippen LogP contribution in [0.5, 0.6) is 0 Å². The van der Waals surface area contributed by atoms with Crippen molar-refractivity contribution in [3.8, 4) is 0 Å². The van der Waals surface area contributed by atoms with Crippen LogP contribution in [-0.4, -0.2) is 26.5 Å². The Kier molecular flexibility index (Phi) is 3.93. The number of hydrogen-bond donors (Lipinski definition) is 2. The molecule has 2 rings (SSSR count). The van der Waals surface area contributed by atoms with E-state index in [9.17, 15) is 8.42 Å². The van der Waals surface area contributed by atoms with E-state index in [1.165, 1.54) is 0 Å². The molecule has 1 fully saturated rings. The summed E-state index contributed by atoms with van der Waals surface area (Å²) in [5.41, 5.74) is 0. The molecule has 1 heterocycles. The molecule has 2 N–H and O–H groups in total. The minimum atomic E-state index is -3.51. The van der Waals surface area contributed by atoms with E-state index >= 15 is 0 Å². The van der Waals surface area contributed by atoms with Gasteiger partial charge in [-0.25, -0.2) is 18.1 Å². The molecule has 0 spiro atoms. The summed E-state index contributed by atoms with van der Waals surface area (Å²) in [7, 11) is -1.86. The standard InChI is InChI=1S/C11H16BrN3O2S/c1-7-3-9(4-7)15-18(16,17)10-5-8(12)6-14-11(10)13-2/h5-7,9,15H,3-4H2,1-2H3,(H,13,14). The molecule has 0 aromatic carbocycles. The van der Waals surface area contributed by atoms with Crippen LogP contribution < -0.4 is 10.0 Å². The zero-order chi connectivity index (χ0) is 13.3. The molecule has 0 amide bonds. The summed E-state index contributed by atoms with van der Waals surface area (Å²) in [6, 6.07) is 1.61. The fourth-order valence-electron chi connectivity index (χ4n) is 2.09. The number of anilines is 1. The van der Waals surface area contributed by atoms with Crippen LogP contribution in [-0.2, 0) is 10.0 Å². The van der Waals surface area contributed by atoms with E-state index in [0.29, 0.717) is 16.2 Å². The molecule has 100 valence electrons. The van der Waals surface area contributed by atoms with E-state index in [1.807, 2.05) is 0 Å². The summed E-state index contributed by atoms with van der Waals surface area (Å²) < 4.78 is 27.9. The number of nitrogens with one attached hydrogen (secondary N) is 2. The molecule has 1 aliphatic rings. The lowest BCUT2D eigenvalue weighted by molar-refractivity contribution is 0.270. The zero-order valence-corrected chi connectivity index (χ0v) is 12.7. The predicted molar refractivity (Wildman–Crippen MR) is 74.0 cm³/mol. The highest BCUT2D eigenvalue weighted by molar-refractivity contribution is 9.10. The molecule has 0 bridgehead atoms. The van der Waals surface area contributed by atoms with Crippen LogP contribution >= 0.6 is 15.9 Å². The smallest absolute Gasteiger partial charge is 0.244 e. The summed E-state index contributed by atoms with van der Waals surface area (Å²) in [5, 5.41) is 2.80. The van der Waals surface area contributed by atoms with E-state index in [-0.39, 0.29) is 10.9 Å². The van der Waals surface area contributed by atoms with Gasteiger partial charge in [-0.3, -0.25) is 0 Å². The third-order valence-electron chi connectivity index (χ3n) is 3.04. The Hall–Kier alpha value is -0.660. The minimum absolute atomic E-state index is 0.0497. The highest BCUT2D eigenvalue weighted by Crippen LogP contribution is 2.29. The Labute approximate surface area is 116 Å². The van der Waals surface area contributed by atoms with Gasteiger partial charge in [-0.05, 0) is 40.8 Å². The Morgan fingerprint density at radius 3 is 2.67 bits per heavy atom. The number of sulfonamides is 1. The summed E-state index contributed by atoms with van der Waals surface area (Å²) in [6.45, 7) is 2.12. The molecule has 0 atom stereocenters. The van der Waals surface area contributed by atoms with Crippen molar-refractivity contribution >= 4 is 31.8 Å². The van der Waals surface area contributed by atoms with Crippen molar-refractivity contribution in [1.29, 1.82) is 0 Å². The molecule has 0 radical (unpaired) electrons. The van der Waals surface area contributed by atoms with Crippen LogP contribution in [0.25, 0.3) is 0 Å². The van der Waals surface area contributed by atoms with Crippen molar-refractivity contribution in [3.63, 3.8) is 0 Å². The SMILES string of the molecule is CNc1ncc(Br)cc1S(=O)(=O)NC1CC(C)C1. The Bertz CT molecular complexity index is 541. The lowest BCUT2D eigenvalue weighted by Gasteiger charge is -2.33. The van der Waals surface area contributed by atoms with Gasteiger partial charge >= 0.3 is 0 Å². The first-order valence-corrected chi connectivity index (χ1v) is 8.05. The number of halogens is 1. The maximum Gasteiger partial charge on any atom is 0.244 e. The van der Waals surface area contributed by atoms with E-state index in [1.54, 1.807) is 19.3 Å². The van der Waals surface area contributed by atoms with Gasteiger partial charge in [-0.15, -0.1) is 0 Å². The Balaban J connectivity index is 2.26. The quantitative estimate of drug-likeness (QED) is 0.883. The van der Waals surface area contributed by atoms with E-state index in [2.05, 4.69) is 37.9 Å². The summed E-state index contributed by atoms with van der Waals surface area (Å²) in [5.74, 6) is 0.958. The van der Waals surface area contributed by atoms with Gasteiger partial charge in [0.25, 0.3) is 0 Å². The van der Waals surface area contributed by atoms with E-state index < -0.39 is 10.0 Å². The van der Waals surface area contributed by atoms with Gasteiger partial charge in [0.15, 0.2) is 0 Å². The average Bonchev–Trinajstić information content (AvgIpc) is 2.26. The fourth-order valence-corrected chi connectivity index (χ4v) is 4.03. The Morgan fingerprint density at radius 1 is 1.44 bits per heavy atom. The van der Waals surface area contributed by atoms with Crippen LogP contribution in [0.2, 0.25) is 0 Å². The number of aromatic nitrogens is 1. The molecule has 1 aromatic heterocycles. The molecular weight excluding hydrogens is 318 g/mol. The van der Waals surface area contributed by atoms with Crippen LogP contribution in [0.4, 0.5) is 5.82 Å². The number of rotatable bonds is 4. The van der Waals surface area contributed by atoms with Gasteiger partial charge in [0.1, 0.15) is 10.7 Å². The lowest BCUT2D eigenvalue weighted by atomic mass is 9.83. The average molecular weight is 334 g/mol. The molecule has 1 aliphatic carbocycles. The monoisotopic (exact) mass is 333 g/mol. The molecule has 0 aliphatic heterocycles. The van der Waals surface area contributed by atoms with E-state index in [4.69, 9.17) is 0 Å². The summed E-state index contributed by atoms with van der Waals surface area (Å²) in [6.07, 6.45) is 3.36. The lowest BCUT2D eigenvalue weighted by Crippen LogP contribution is -2.43. The van der Waals surface area contributed by atoms with Crippen molar-refractivity contribution in [2.75, 3.05) is 12.4 Å². The van der Waals surface area contributed by atoms with Gasteiger partial charge < -0.3 is 5.32 Å². The van der Waals surface area contributed by atoms with Gasteiger partial charge in [-0.1, -0.05) is 6.92 Å². The largest absolute Gasteiger partial charge is 0.372 e. The molecule has 0 unspecified atom stereocenters. The molecule has 5 nitrogen and oxygen atoms in total. The zero-order valence-electron chi connectivity index (χ0n) is 10.3. The number of pyridine rings is 1. The second-order valence-electron chi connectivity index (χ2n) is 4.65. The summed E-state index contributed by atoms with van der Waals surface area (Å²) in [4.78, 5) is 4.23. The first-order valence-electron chi connectivity index (χ1n) is 5.78. The Morgan fingerprint density at radius 2 is 2.11 bits per heavy atom. The fraction of sp³-hybridized carbons (Fsp3) is 0.545. The van der Waals surface area contributed by atoms with Gasteiger partial charge in [-0.2, -0.15) is 0 Å². The van der Waals surface area contributed by atoms with E-state index in [0.717, 1.165) is 12.8 Å². The normalized spacial score (nSPS) is 23.5. The van der Waals surface area contributed by atoms with Crippen molar-refractivity contribution in [2.24, 2.45) is 5.92 Å². The molecule has 7 heteroatoms. The van der Waals surface area contributed by atoms with Gasteiger partial charge in [0.05, 0.1) is 0 Å². The maximum absolute atomic E-state index is 12.3. The molecule has 18 heavy (non-hydrogen) atoms. The minimum Gasteiger partial charge on any atom is -0.372 e. The summed E-state index contributed by atoms with van der Waals surface area (Å²) >= 11 is 3.24. The van der Waals surface area contributed by atoms with Gasteiger partial charge in [0, 0.05) is 23.8 Å².